The van der Waals surface area contributed by atoms with Crippen molar-refractivity contribution in [1.29, 1.82) is 0 Å². The second-order valence-electron chi connectivity index (χ2n) is 5.95. The number of fused-ring (bicyclic) bond motifs is 1. The normalized spacial score (nSPS) is 23.1. The van der Waals surface area contributed by atoms with Crippen LogP contribution in [0.4, 0.5) is 5.69 Å². The molecule has 0 amide bonds. The molecular weight excluding hydrogens is 326 g/mol. The lowest BCUT2D eigenvalue weighted by molar-refractivity contribution is 0.356. The molecule has 3 heteroatoms. The minimum Gasteiger partial charge on any atom is -0.493 e. The fourth-order valence-corrected chi connectivity index (χ4v) is 3.92. The molecular formula is C18H18BrNO. The van der Waals surface area contributed by atoms with Crippen molar-refractivity contribution >= 4 is 21.6 Å². The average Bonchev–Trinajstić information content (AvgIpc) is 2.91. The molecule has 1 heterocycles. The van der Waals surface area contributed by atoms with Crippen LogP contribution in [0.15, 0.2) is 46.9 Å². The lowest BCUT2D eigenvalue weighted by Crippen LogP contribution is -2.34. The third kappa shape index (κ3) is 2.55. The molecule has 2 aromatic rings. The molecule has 0 aromatic heterocycles. The van der Waals surface area contributed by atoms with Crippen LogP contribution in [0.3, 0.4) is 0 Å². The number of rotatable bonds is 3. The van der Waals surface area contributed by atoms with Gasteiger partial charge in [-0.3, -0.25) is 0 Å². The monoisotopic (exact) mass is 343 g/mol. The summed E-state index contributed by atoms with van der Waals surface area (Å²) in [6, 6.07) is 15.6. The molecule has 1 aliphatic carbocycles. The van der Waals surface area contributed by atoms with Gasteiger partial charge in [0, 0.05) is 22.6 Å². The number of hydrogen-bond acceptors (Lipinski definition) is 2. The fourth-order valence-electron chi connectivity index (χ4n) is 3.31. The molecule has 0 unspecified atom stereocenters. The Morgan fingerprint density at radius 1 is 1.10 bits per heavy atom. The highest BCUT2D eigenvalue weighted by molar-refractivity contribution is 9.10. The van der Waals surface area contributed by atoms with E-state index < -0.39 is 0 Å². The van der Waals surface area contributed by atoms with E-state index in [0.717, 1.165) is 18.8 Å². The summed E-state index contributed by atoms with van der Waals surface area (Å²) in [5, 5.41) is 3.66. The minimum atomic E-state index is 0.586. The molecule has 0 bridgehead atoms. The SMILES string of the molecule is Brc1ccccc1C1CC(Nc2ccc3c(c2)CCO3)C1. The summed E-state index contributed by atoms with van der Waals surface area (Å²) in [7, 11) is 0. The molecule has 2 aromatic carbocycles. The third-order valence-corrected chi connectivity index (χ3v) is 5.27. The van der Waals surface area contributed by atoms with Crippen LogP contribution >= 0.6 is 15.9 Å². The molecule has 2 aliphatic rings. The number of halogens is 1. The second kappa shape index (κ2) is 5.38. The van der Waals surface area contributed by atoms with E-state index in [1.54, 1.807) is 0 Å². The molecule has 108 valence electrons. The van der Waals surface area contributed by atoms with Gasteiger partial charge in [0.2, 0.25) is 0 Å². The zero-order valence-corrected chi connectivity index (χ0v) is 13.4. The molecule has 0 atom stereocenters. The Hall–Kier alpha value is -1.48. The Morgan fingerprint density at radius 3 is 2.81 bits per heavy atom. The predicted molar refractivity (Wildman–Crippen MR) is 89.2 cm³/mol. The molecule has 1 aliphatic heterocycles. The fraction of sp³-hybridized carbons (Fsp3) is 0.333. The van der Waals surface area contributed by atoms with Gasteiger partial charge in [-0.1, -0.05) is 34.1 Å². The maximum absolute atomic E-state index is 5.55. The summed E-state index contributed by atoms with van der Waals surface area (Å²) in [4.78, 5) is 0. The molecule has 21 heavy (non-hydrogen) atoms. The lowest BCUT2D eigenvalue weighted by Gasteiger charge is -2.37. The van der Waals surface area contributed by atoms with Gasteiger partial charge in [-0.05, 0) is 54.2 Å². The summed E-state index contributed by atoms with van der Waals surface area (Å²) < 4.78 is 6.79. The first-order valence-electron chi connectivity index (χ1n) is 7.56. The Labute approximate surface area is 133 Å². The molecule has 2 nitrogen and oxygen atoms in total. The highest BCUT2D eigenvalue weighted by Gasteiger charge is 2.31. The van der Waals surface area contributed by atoms with Crippen molar-refractivity contribution in [1.82, 2.24) is 0 Å². The molecule has 4 rings (SSSR count). The van der Waals surface area contributed by atoms with Gasteiger partial charge in [0.1, 0.15) is 5.75 Å². The van der Waals surface area contributed by atoms with E-state index in [1.165, 1.54) is 34.1 Å². The Morgan fingerprint density at radius 2 is 1.95 bits per heavy atom. The topological polar surface area (TPSA) is 21.3 Å². The van der Waals surface area contributed by atoms with Crippen LogP contribution in [0.1, 0.15) is 29.9 Å². The van der Waals surface area contributed by atoms with Crippen LogP contribution in [0, 0.1) is 0 Å². The van der Waals surface area contributed by atoms with Gasteiger partial charge in [0.25, 0.3) is 0 Å². The van der Waals surface area contributed by atoms with Crippen molar-refractivity contribution in [2.75, 3.05) is 11.9 Å². The maximum Gasteiger partial charge on any atom is 0.122 e. The molecule has 1 N–H and O–H groups in total. The van der Waals surface area contributed by atoms with E-state index in [4.69, 9.17) is 4.74 Å². The first-order chi connectivity index (χ1) is 10.3. The average molecular weight is 344 g/mol. The number of ether oxygens (including phenoxy) is 1. The highest BCUT2D eigenvalue weighted by Crippen LogP contribution is 2.41. The van der Waals surface area contributed by atoms with Gasteiger partial charge in [-0.25, -0.2) is 0 Å². The Balaban J connectivity index is 1.39. The van der Waals surface area contributed by atoms with Crippen molar-refractivity contribution in [3.05, 3.63) is 58.1 Å². The van der Waals surface area contributed by atoms with E-state index in [2.05, 4.69) is 63.7 Å². The summed E-state index contributed by atoms with van der Waals surface area (Å²) >= 11 is 3.66. The number of anilines is 1. The lowest BCUT2D eigenvalue weighted by atomic mass is 9.76. The van der Waals surface area contributed by atoms with E-state index in [-0.39, 0.29) is 0 Å². The molecule has 0 radical (unpaired) electrons. The van der Waals surface area contributed by atoms with Crippen molar-refractivity contribution in [3.63, 3.8) is 0 Å². The molecule has 0 spiro atoms. The molecule has 1 fully saturated rings. The largest absolute Gasteiger partial charge is 0.493 e. The van der Waals surface area contributed by atoms with E-state index >= 15 is 0 Å². The zero-order chi connectivity index (χ0) is 14.2. The van der Waals surface area contributed by atoms with Crippen LogP contribution in [0.2, 0.25) is 0 Å². The van der Waals surface area contributed by atoms with Crippen molar-refractivity contribution in [2.24, 2.45) is 0 Å². The van der Waals surface area contributed by atoms with Crippen LogP contribution in [0.25, 0.3) is 0 Å². The second-order valence-corrected chi connectivity index (χ2v) is 6.81. The van der Waals surface area contributed by atoms with Crippen LogP contribution < -0.4 is 10.1 Å². The molecule has 0 saturated heterocycles. The third-order valence-electron chi connectivity index (χ3n) is 4.54. The smallest absolute Gasteiger partial charge is 0.122 e. The van der Waals surface area contributed by atoms with Crippen LogP contribution in [-0.2, 0) is 6.42 Å². The Kier molecular flexibility index (Phi) is 3.38. The first kappa shape index (κ1) is 13.2. The predicted octanol–water partition coefficient (Wildman–Crippen LogP) is 4.74. The number of hydrogen-bond donors (Lipinski definition) is 1. The van der Waals surface area contributed by atoms with Crippen LogP contribution in [-0.4, -0.2) is 12.6 Å². The highest BCUT2D eigenvalue weighted by atomic mass is 79.9. The van der Waals surface area contributed by atoms with Gasteiger partial charge in [-0.15, -0.1) is 0 Å². The van der Waals surface area contributed by atoms with Gasteiger partial charge in [0.05, 0.1) is 6.61 Å². The number of benzene rings is 2. The standard InChI is InChI=1S/C18H18BrNO/c19-17-4-2-1-3-16(17)13-10-15(11-13)20-14-5-6-18-12(9-14)7-8-21-18/h1-6,9,13,15,20H,7-8,10-11H2. The molecule has 1 saturated carbocycles. The summed E-state index contributed by atoms with van der Waals surface area (Å²) in [5.41, 5.74) is 4.01. The summed E-state index contributed by atoms with van der Waals surface area (Å²) in [6.45, 7) is 0.826. The van der Waals surface area contributed by atoms with Gasteiger partial charge < -0.3 is 10.1 Å². The van der Waals surface area contributed by atoms with Crippen molar-refractivity contribution < 1.29 is 4.74 Å². The quantitative estimate of drug-likeness (QED) is 0.868. The summed E-state index contributed by atoms with van der Waals surface area (Å²) in [6.07, 6.45) is 3.45. The maximum atomic E-state index is 5.55. The number of nitrogens with one attached hydrogen (secondary N) is 1. The van der Waals surface area contributed by atoms with Crippen molar-refractivity contribution in [2.45, 2.75) is 31.2 Å². The van der Waals surface area contributed by atoms with Crippen LogP contribution in [0.5, 0.6) is 5.75 Å². The van der Waals surface area contributed by atoms with E-state index in [1.807, 2.05) is 0 Å². The Bertz CT molecular complexity index is 664. The summed E-state index contributed by atoms with van der Waals surface area (Å²) in [5.74, 6) is 1.73. The van der Waals surface area contributed by atoms with Gasteiger partial charge in [0.15, 0.2) is 0 Å². The van der Waals surface area contributed by atoms with E-state index in [9.17, 15) is 0 Å². The van der Waals surface area contributed by atoms with Gasteiger partial charge in [-0.2, -0.15) is 0 Å². The van der Waals surface area contributed by atoms with Gasteiger partial charge >= 0.3 is 0 Å². The van der Waals surface area contributed by atoms with E-state index in [0.29, 0.717) is 12.0 Å². The first-order valence-corrected chi connectivity index (χ1v) is 8.35. The minimum absolute atomic E-state index is 0.586. The zero-order valence-electron chi connectivity index (χ0n) is 11.8. The van der Waals surface area contributed by atoms with Crippen molar-refractivity contribution in [3.8, 4) is 5.75 Å².